The molecule has 1 fully saturated rings. The monoisotopic (exact) mass is 419 g/mol. The van der Waals surface area contributed by atoms with Crippen molar-refractivity contribution in [1.82, 2.24) is 4.90 Å². The van der Waals surface area contributed by atoms with E-state index in [1.807, 2.05) is 0 Å². The number of carboxylic acids is 1. The second kappa shape index (κ2) is 7.37. The largest absolute Gasteiger partial charge is 0.479 e. The summed E-state index contributed by atoms with van der Waals surface area (Å²) in [4.78, 5) is 35.7. The van der Waals surface area contributed by atoms with Gasteiger partial charge in [0.1, 0.15) is 0 Å². The molecule has 6 nitrogen and oxygen atoms in total. The number of rotatable bonds is 5. The van der Waals surface area contributed by atoms with Crippen molar-refractivity contribution in [3.05, 3.63) is 32.1 Å². The molecule has 0 bridgehead atoms. The van der Waals surface area contributed by atoms with E-state index in [1.54, 1.807) is 19.1 Å². The van der Waals surface area contributed by atoms with Crippen molar-refractivity contribution in [3.8, 4) is 5.75 Å². The Hall–Kier alpha value is -1.51. The molecule has 9 heteroatoms. The van der Waals surface area contributed by atoms with Crippen molar-refractivity contribution in [1.29, 1.82) is 0 Å². The van der Waals surface area contributed by atoms with Gasteiger partial charge in [-0.1, -0.05) is 11.6 Å². The maximum Gasteiger partial charge on any atom is 0.341 e. The van der Waals surface area contributed by atoms with E-state index in [1.165, 1.54) is 6.07 Å². The fourth-order valence-electron chi connectivity index (χ4n) is 1.86. The number of hydrogen-bond donors (Lipinski definition) is 1. The molecule has 0 saturated carbocycles. The zero-order valence-electron chi connectivity index (χ0n) is 11.8. The van der Waals surface area contributed by atoms with Crippen LogP contribution < -0.4 is 4.74 Å². The number of carbonyl (C=O) groups excluding carboxylic acids is 2. The molecule has 0 aliphatic carbocycles. The Morgan fingerprint density at radius 2 is 2.17 bits per heavy atom. The normalized spacial score (nSPS) is 16.3. The van der Waals surface area contributed by atoms with Gasteiger partial charge in [-0.2, -0.15) is 0 Å². The maximum absolute atomic E-state index is 12.0. The number of carbonyl (C=O) groups is 3. The summed E-state index contributed by atoms with van der Waals surface area (Å²) in [6.45, 7) is 1.52. The summed E-state index contributed by atoms with van der Waals surface area (Å²) in [7, 11) is 0. The van der Waals surface area contributed by atoms with Crippen molar-refractivity contribution in [2.75, 3.05) is 13.2 Å². The van der Waals surface area contributed by atoms with Crippen molar-refractivity contribution in [2.45, 2.75) is 6.92 Å². The fraction of sp³-hybridized carbons (Fsp3) is 0.214. The molecule has 0 unspecified atom stereocenters. The van der Waals surface area contributed by atoms with E-state index in [0.29, 0.717) is 21.5 Å². The SMILES string of the molecule is CCN1C(=O)S/C(=C/c2cc(Cl)c(OCC(=O)O)c(Br)c2)C1=O. The maximum atomic E-state index is 12.0. The number of hydrogen-bond acceptors (Lipinski definition) is 5. The third kappa shape index (κ3) is 4.07. The van der Waals surface area contributed by atoms with Crippen LogP contribution in [0.5, 0.6) is 5.75 Å². The third-order valence-electron chi connectivity index (χ3n) is 2.85. The Balaban J connectivity index is 2.28. The Bertz CT molecular complexity index is 698. The van der Waals surface area contributed by atoms with Crippen LogP contribution in [0.25, 0.3) is 6.08 Å². The molecule has 1 saturated heterocycles. The molecular weight excluding hydrogens is 410 g/mol. The average molecular weight is 421 g/mol. The number of thioether (sulfide) groups is 1. The molecule has 1 aromatic rings. The molecule has 1 aromatic carbocycles. The molecule has 1 N–H and O–H groups in total. The summed E-state index contributed by atoms with van der Waals surface area (Å²) in [5, 5.41) is 8.52. The van der Waals surface area contributed by atoms with E-state index in [4.69, 9.17) is 21.4 Å². The quantitative estimate of drug-likeness (QED) is 0.733. The molecule has 1 aliphatic rings. The van der Waals surface area contributed by atoms with Crippen LogP contribution in [-0.4, -0.2) is 40.3 Å². The highest BCUT2D eigenvalue weighted by Crippen LogP contribution is 2.37. The topological polar surface area (TPSA) is 83.9 Å². The van der Waals surface area contributed by atoms with E-state index in [0.717, 1.165) is 16.7 Å². The van der Waals surface area contributed by atoms with Gasteiger partial charge in [0.15, 0.2) is 12.4 Å². The molecule has 1 heterocycles. The predicted octanol–water partition coefficient (Wildman–Crippen LogP) is 3.62. The first-order chi connectivity index (χ1) is 10.8. The first-order valence-electron chi connectivity index (χ1n) is 6.42. The van der Waals surface area contributed by atoms with Crippen LogP contribution in [0.2, 0.25) is 5.02 Å². The highest BCUT2D eigenvalue weighted by molar-refractivity contribution is 9.10. The lowest BCUT2D eigenvalue weighted by molar-refractivity contribution is -0.139. The Morgan fingerprint density at radius 1 is 1.48 bits per heavy atom. The van der Waals surface area contributed by atoms with E-state index >= 15 is 0 Å². The summed E-state index contributed by atoms with van der Waals surface area (Å²) in [6, 6.07) is 3.16. The number of ether oxygens (including phenoxy) is 1. The summed E-state index contributed by atoms with van der Waals surface area (Å²) in [5.41, 5.74) is 0.589. The molecule has 23 heavy (non-hydrogen) atoms. The molecular formula is C14H11BrClNO5S. The van der Waals surface area contributed by atoms with Gasteiger partial charge in [0.25, 0.3) is 11.1 Å². The standard InChI is InChI=1S/C14H11BrClNO5S/c1-2-17-13(20)10(23-14(17)21)5-7-3-8(15)12(9(16)4-7)22-6-11(18)19/h3-5H,2,6H2,1H3,(H,18,19)/b10-5+. The van der Waals surface area contributed by atoms with Crippen molar-refractivity contribution in [2.24, 2.45) is 0 Å². The summed E-state index contributed by atoms with van der Waals surface area (Å²) < 4.78 is 5.54. The van der Waals surface area contributed by atoms with Gasteiger partial charge in [0, 0.05) is 6.54 Å². The van der Waals surface area contributed by atoms with E-state index in [-0.39, 0.29) is 21.9 Å². The fourth-order valence-corrected chi connectivity index (χ4v) is 3.75. The van der Waals surface area contributed by atoms with Gasteiger partial charge in [-0.15, -0.1) is 0 Å². The smallest absolute Gasteiger partial charge is 0.341 e. The molecule has 0 aromatic heterocycles. The van der Waals surface area contributed by atoms with Crippen LogP contribution in [0.4, 0.5) is 4.79 Å². The lowest BCUT2D eigenvalue weighted by Crippen LogP contribution is -2.27. The van der Waals surface area contributed by atoms with E-state index in [9.17, 15) is 14.4 Å². The molecule has 1 aliphatic heterocycles. The number of carboxylic acid groups (broad SMARTS) is 1. The van der Waals surface area contributed by atoms with Crippen LogP contribution >= 0.6 is 39.3 Å². The molecule has 0 atom stereocenters. The average Bonchev–Trinajstić information content (AvgIpc) is 2.71. The van der Waals surface area contributed by atoms with Crippen LogP contribution in [0.1, 0.15) is 12.5 Å². The second-order valence-electron chi connectivity index (χ2n) is 4.42. The first kappa shape index (κ1) is 17.8. The van der Waals surface area contributed by atoms with Gasteiger partial charge in [0.05, 0.1) is 14.4 Å². The number of amides is 2. The highest BCUT2D eigenvalue weighted by Gasteiger charge is 2.33. The molecule has 122 valence electrons. The van der Waals surface area contributed by atoms with Crippen LogP contribution in [0.3, 0.4) is 0 Å². The predicted molar refractivity (Wildman–Crippen MR) is 90.6 cm³/mol. The molecule has 0 spiro atoms. The zero-order valence-corrected chi connectivity index (χ0v) is 15.0. The van der Waals surface area contributed by atoms with E-state index < -0.39 is 12.6 Å². The summed E-state index contributed by atoms with van der Waals surface area (Å²) >= 11 is 10.2. The van der Waals surface area contributed by atoms with Gasteiger partial charge in [-0.3, -0.25) is 14.5 Å². The van der Waals surface area contributed by atoms with Crippen LogP contribution in [-0.2, 0) is 9.59 Å². The number of likely N-dealkylation sites (N-methyl/N-ethyl adjacent to an activating group) is 1. The van der Waals surface area contributed by atoms with Gasteiger partial charge >= 0.3 is 5.97 Å². The zero-order chi connectivity index (χ0) is 17.1. The number of benzene rings is 1. The van der Waals surface area contributed by atoms with E-state index in [2.05, 4.69) is 15.9 Å². The van der Waals surface area contributed by atoms with Crippen molar-refractivity contribution in [3.63, 3.8) is 0 Å². The minimum Gasteiger partial charge on any atom is -0.479 e. The van der Waals surface area contributed by atoms with Crippen LogP contribution in [0, 0.1) is 0 Å². The van der Waals surface area contributed by atoms with Crippen LogP contribution in [0.15, 0.2) is 21.5 Å². The lowest BCUT2D eigenvalue weighted by atomic mass is 10.2. The van der Waals surface area contributed by atoms with Gasteiger partial charge in [-0.05, 0) is 58.4 Å². The molecule has 2 amide bonds. The number of imide groups is 1. The Labute approximate surface area is 149 Å². The Morgan fingerprint density at radius 3 is 2.70 bits per heavy atom. The number of halogens is 2. The highest BCUT2D eigenvalue weighted by atomic mass is 79.9. The van der Waals surface area contributed by atoms with Gasteiger partial charge in [-0.25, -0.2) is 4.79 Å². The first-order valence-corrected chi connectivity index (χ1v) is 8.41. The number of nitrogens with zero attached hydrogens (tertiary/aromatic N) is 1. The molecule has 0 radical (unpaired) electrons. The lowest BCUT2D eigenvalue weighted by Gasteiger charge is -2.09. The van der Waals surface area contributed by atoms with Gasteiger partial charge < -0.3 is 9.84 Å². The third-order valence-corrected chi connectivity index (χ3v) is 4.63. The second-order valence-corrected chi connectivity index (χ2v) is 6.68. The van der Waals surface area contributed by atoms with Gasteiger partial charge in [0.2, 0.25) is 0 Å². The minimum absolute atomic E-state index is 0.196. The van der Waals surface area contributed by atoms with Crippen molar-refractivity contribution < 1.29 is 24.2 Å². The molecule has 2 rings (SSSR count). The van der Waals surface area contributed by atoms with Crippen molar-refractivity contribution >= 4 is 62.5 Å². The minimum atomic E-state index is -1.12. The number of aliphatic carboxylic acids is 1. The summed E-state index contributed by atoms with van der Waals surface area (Å²) in [6.07, 6.45) is 1.55. The summed E-state index contributed by atoms with van der Waals surface area (Å²) in [5.74, 6) is -1.26. The Kier molecular flexibility index (Phi) is 5.72.